The summed E-state index contributed by atoms with van der Waals surface area (Å²) in [5.74, 6) is 0.417. The van der Waals surface area contributed by atoms with Crippen LogP contribution >= 0.6 is 11.8 Å². The summed E-state index contributed by atoms with van der Waals surface area (Å²) < 4.78 is 0. The minimum Gasteiger partial charge on any atom is -0.393 e. The van der Waals surface area contributed by atoms with Crippen molar-refractivity contribution in [2.75, 3.05) is 5.75 Å². The molecule has 0 spiro atoms. The van der Waals surface area contributed by atoms with Gasteiger partial charge in [-0.3, -0.25) is 4.79 Å². The average Bonchev–Trinajstić information content (AvgIpc) is 2.18. The number of rotatable bonds is 5. The second kappa shape index (κ2) is 5.93. The summed E-state index contributed by atoms with van der Waals surface area (Å²) in [4.78, 5) is 12.4. The van der Waals surface area contributed by atoms with Gasteiger partial charge in [-0.15, -0.1) is 11.8 Å². The summed E-state index contributed by atoms with van der Waals surface area (Å²) in [6.07, 6.45) is -0.571. The lowest BCUT2D eigenvalue weighted by molar-refractivity contribution is -0.122. The maximum atomic E-state index is 11.2. The van der Waals surface area contributed by atoms with Gasteiger partial charge in [0.15, 0.2) is 0 Å². The zero-order chi connectivity index (χ0) is 11.3. The monoisotopic (exact) mass is 224 g/mol. The molecular weight excluding hydrogens is 208 g/mol. The molecule has 15 heavy (non-hydrogen) atoms. The van der Waals surface area contributed by atoms with Crippen LogP contribution in [0, 0.1) is 5.92 Å². The molecule has 1 N–H and O–H groups in total. The number of hydrogen-bond donors (Lipinski definition) is 1. The lowest BCUT2D eigenvalue weighted by Crippen LogP contribution is -2.26. The highest BCUT2D eigenvalue weighted by Crippen LogP contribution is 2.22. The first-order chi connectivity index (χ1) is 7.11. The van der Waals surface area contributed by atoms with E-state index in [0.717, 1.165) is 4.90 Å². The molecule has 0 amide bonds. The summed E-state index contributed by atoms with van der Waals surface area (Å²) in [7, 11) is 0. The molecule has 0 heterocycles. The number of ketones is 1. The van der Waals surface area contributed by atoms with Crippen LogP contribution in [0.5, 0.6) is 0 Å². The van der Waals surface area contributed by atoms with Crippen molar-refractivity contribution in [3.05, 3.63) is 30.3 Å². The minimum atomic E-state index is -0.571. The summed E-state index contributed by atoms with van der Waals surface area (Å²) in [6, 6.07) is 9.90. The molecule has 82 valence electrons. The van der Waals surface area contributed by atoms with Crippen molar-refractivity contribution in [1.29, 1.82) is 0 Å². The maximum Gasteiger partial charge on any atom is 0.136 e. The Kier molecular flexibility index (Phi) is 4.85. The van der Waals surface area contributed by atoms with Crippen molar-refractivity contribution in [3.8, 4) is 0 Å². The standard InChI is InChI=1S/C12H16O2S/c1-9(13)12(10(2)14)8-15-11-6-4-3-5-7-11/h3-7,9,12-13H,8H2,1-2H3. The lowest BCUT2D eigenvalue weighted by atomic mass is 10.0. The molecule has 0 aliphatic rings. The fourth-order valence-corrected chi connectivity index (χ4v) is 2.53. The van der Waals surface area contributed by atoms with E-state index < -0.39 is 6.10 Å². The molecule has 0 fully saturated rings. The van der Waals surface area contributed by atoms with E-state index in [1.165, 1.54) is 6.92 Å². The second-order valence-electron chi connectivity index (χ2n) is 3.58. The van der Waals surface area contributed by atoms with Gasteiger partial charge >= 0.3 is 0 Å². The first-order valence-corrected chi connectivity index (χ1v) is 5.96. The van der Waals surface area contributed by atoms with Crippen LogP contribution in [0.25, 0.3) is 0 Å². The highest BCUT2D eigenvalue weighted by Gasteiger charge is 2.19. The Hall–Kier alpha value is -0.800. The first kappa shape index (κ1) is 12.3. The Morgan fingerprint density at radius 1 is 1.40 bits per heavy atom. The quantitative estimate of drug-likeness (QED) is 0.780. The zero-order valence-corrected chi connectivity index (χ0v) is 9.83. The molecule has 0 aliphatic heterocycles. The number of aliphatic hydroxyl groups is 1. The normalized spacial score (nSPS) is 14.6. The first-order valence-electron chi connectivity index (χ1n) is 4.97. The minimum absolute atomic E-state index is 0.0495. The highest BCUT2D eigenvalue weighted by atomic mass is 32.2. The van der Waals surface area contributed by atoms with E-state index in [0.29, 0.717) is 5.75 Å². The Morgan fingerprint density at radius 2 is 2.00 bits per heavy atom. The zero-order valence-electron chi connectivity index (χ0n) is 9.01. The number of benzene rings is 1. The van der Waals surface area contributed by atoms with E-state index in [9.17, 15) is 9.90 Å². The molecule has 0 bridgehead atoms. The smallest absolute Gasteiger partial charge is 0.136 e. The maximum absolute atomic E-state index is 11.2. The molecule has 0 radical (unpaired) electrons. The van der Waals surface area contributed by atoms with Crippen LogP contribution in [-0.2, 0) is 4.79 Å². The molecule has 0 aromatic heterocycles. The van der Waals surface area contributed by atoms with Crippen LogP contribution in [0.3, 0.4) is 0 Å². The largest absolute Gasteiger partial charge is 0.393 e. The van der Waals surface area contributed by atoms with Crippen LogP contribution in [-0.4, -0.2) is 22.7 Å². The third kappa shape index (κ3) is 4.06. The molecule has 2 nitrogen and oxygen atoms in total. The predicted octanol–water partition coefficient (Wildman–Crippen LogP) is 2.36. The molecular formula is C12H16O2S. The van der Waals surface area contributed by atoms with Crippen LogP contribution in [0.1, 0.15) is 13.8 Å². The second-order valence-corrected chi connectivity index (χ2v) is 4.68. The molecule has 1 rings (SSSR count). The van der Waals surface area contributed by atoms with Gasteiger partial charge in [0.1, 0.15) is 5.78 Å². The van der Waals surface area contributed by atoms with Crippen molar-refractivity contribution in [2.24, 2.45) is 5.92 Å². The van der Waals surface area contributed by atoms with Gasteiger partial charge in [0.25, 0.3) is 0 Å². The van der Waals surface area contributed by atoms with E-state index in [4.69, 9.17) is 0 Å². The SMILES string of the molecule is CC(=O)C(CSc1ccccc1)C(C)O. The van der Waals surface area contributed by atoms with Crippen LogP contribution in [0.2, 0.25) is 0 Å². The third-order valence-corrected chi connectivity index (χ3v) is 3.41. The van der Waals surface area contributed by atoms with Crippen LogP contribution in [0.4, 0.5) is 0 Å². The van der Waals surface area contributed by atoms with Crippen molar-refractivity contribution in [1.82, 2.24) is 0 Å². The summed E-state index contributed by atoms with van der Waals surface area (Å²) in [5, 5.41) is 9.43. The summed E-state index contributed by atoms with van der Waals surface area (Å²) in [5.41, 5.74) is 0. The van der Waals surface area contributed by atoms with Gasteiger partial charge in [-0.2, -0.15) is 0 Å². The van der Waals surface area contributed by atoms with Gasteiger partial charge in [-0.25, -0.2) is 0 Å². The molecule has 1 aromatic rings. The van der Waals surface area contributed by atoms with Crippen molar-refractivity contribution in [3.63, 3.8) is 0 Å². The number of carbonyl (C=O) groups is 1. The Labute approximate surface area is 94.7 Å². The van der Waals surface area contributed by atoms with Crippen molar-refractivity contribution < 1.29 is 9.90 Å². The van der Waals surface area contributed by atoms with Gasteiger partial charge in [-0.05, 0) is 26.0 Å². The van der Waals surface area contributed by atoms with E-state index in [-0.39, 0.29) is 11.7 Å². The molecule has 1 aromatic carbocycles. The number of hydrogen-bond acceptors (Lipinski definition) is 3. The Balaban J connectivity index is 2.51. The summed E-state index contributed by atoms with van der Waals surface area (Å²) >= 11 is 1.60. The molecule has 2 atom stereocenters. The van der Waals surface area contributed by atoms with Crippen molar-refractivity contribution in [2.45, 2.75) is 24.8 Å². The van der Waals surface area contributed by atoms with Gasteiger partial charge < -0.3 is 5.11 Å². The molecule has 3 heteroatoms. The predicted molar refractivity (Wildman–Crippen MR) is 63.0 cm³/mol. The Bertz CT molecular complexity index is 309. The van der Waals surface area contributed by atoms with Crippen molar-refractivity contribution >= 4 is 17.5 Å². The van der Waals surface area contributed by atoms with Gasteiger partial charge in [0, 0.05) is 10.6 Å². The molecule has 0 saturated carbocycles. The number of thioether (sulfide) groups is 1. The van der Waals surface area contributed by atoms with E-state index in [1.54, 1.807) is 18.7 Å². The van der Waals surface area contributed by atoms with Crippen LogP contribution < -0.4 is 0 Å². The molecule has 0 saturated heterocycles. The van der Waals surface area contributed by atoms with Crippen LogP contribution in [0.15, 0.2) is 35.2 Å². The molecule has 2 unspecified atom stereocenters. The summed E-state index contributed by atoms with van der Waals surface area (Å²) in [6.45, 7) is 3.20. The van der Waals surface area contributed by atoms with E-state index >= 15 is 0 Å². The number of carbonyl (C=O) groups excluding carboxylic acids is 1. The third-order valence-electron chi connectivity index (χ3n) is 2.28. The van der Waals surface area contributed by atoms with Gasteiger partial charge in [0.05, 0.1) is 12.0 Å². The molecule has 0 aliphatic carbocycles. The van der Waals surface area contributed by atoms with E-state index in [1.807, 2.05) is 30.3 Å². The highest BCUT2D eigenvalue weighted by molar-refractivity contribution is 7.99. The fraction of sp³-hybridized carbons (Fsp3) is 0.417. The number of aliphatic hydroxyl groups excluding tert-OH is 1. The number of Topliss-reactive ketones (excluding diaryl/α,β-unsaturated/α-hetero) is 1. The van der Waals surface area contributed by atoms with E-state index in [2.05, 4.69) is 0 Å². The van der Waals surface area contributed by atoms with Gasteiger partial charge in [-0.1, -0.05) is 18.2 Å². The average molecular weight is 224 g/mol. The Morgan fingerprint density at radius 3 is 2.47 bits per heavy atom. The van der Waals surface area contributed by atoms with Gasteiger partial charge in [0.2, 0.25) is 0 Å². The lowest BCUT2D eigenvalue weighted by Gasteiger charge is -2.15. The fourth-order valence-electron chi connectivity index (χ4n) is 1.30. The topological polar surface area (TPSA) is 37.3 Å².